The number of benzene rings is 1. The molecule has 2 rings (SSSR count). The predicted molar refractivity (Wildman–Crippen MR) is 57.7 cm³/mol. The maximum Gasteiger partial charge on any atom is 0.231 e. The zero-order valence-corrected chi connectivity index (χ0v) is 8.85. The van der Waals surface area contributed by atoms with Crippen molar-refractivity contribution in [1.29, 1.82) is 0 Å². The molecule has 0 fully saturated rings. The highest BCUT2D eigenvalue weighted by atomic mass is 19.1. The summed E-state index contributed by atoms with van der Waals surface area (Å²) < 4.78 is 15.1. The predicted octanol–water partition coefficient (Wildman–Crippen LogP) is 2.27. The van der Waals surface area contributed by atoms with E-state index in [0.717, 1.165) is 0 Å². The summed E-state index contributed by atoms with van der Waals surface area (Å²) >= 11 is 0. The quantitative estimate of drug-likeness (QED) is 0.741. The fraction of sp³-hybridized carbons (Fsp3) is 0.167. The number of nitrogens with zero attached hydrogens (tertiary/aromatic N) is 2. The van der Waals surface area contributed by atoms with Crippen LogP contribution in [-0.4, -0.2) is 15.3 Å². The van der Waals surface area contributed by atoms with Crippen LogP contribution in [-0.2, 0) is 6.54 Å². The third kappa shape index (κ3) is 1.74. The van der Waals surface area contributed by atoms with Crippen LogP contribution in [0.5, 0.6) is 0 Å². The SMILES string of the molecule is CCn1ccnc1C(=O)c1ccccc1F. The minimum absolute atomic E-state index is 0.0587. The molecular weight excluding hydrogens is 207 g/mol. The first-order chi connectivity index (χ1) is 7.74. The minimum Gasteiger partial charge on any atom is -0.328 e. The maximum atomic E-state index is 13.4. The van der Waals surface area contributed by atoms with Gasteiger partial charge in [0, 0.05) is 18.9 Å². The molecule has 0 aliphatic rings. The summed E-state index contributed by atoms with van der Waals surface area (Å²) in [6.45, 7) is 2.54. The number of ketones is 1. The number of aromatic nitrogens is 2. The Balaban J connectivity index is 2.44. The number of hydrogen-bond donors (Lipinski definition) is 0. The number of halogens is 1. The van der Waals surface area contributed by atoms with Crippen molar-refractivity contribution < 1.29 is 9.18 Å². The summed E-state index contributed by atoms with van der Waals surface area (Å²) in [4.78, 5) is 15.9. The zero-order valence-electron chi connectivity index (χ0n) is 8.85. The van der Waals surface area contributed by atoms with E-state index in [2.05, 4.69) is 4.98 Å². The van der Waals surface area contributed by atoms with Crippen molar-refractivity contribution in [2.75, 3.05) is 0 Å². The number of aryl methyl sites for hydroxylation is 1. The van der Waals surface area contributed by atoms with Crippen LogP contribution >= 0.6 is 0 Å². The summed E-state index contributed by atoms with van der Waals surface area (Å²) in [6.07, 6.45) is 3.24. The third-order valence-electron chi connectivity index (χ3n) is 2.38. The molecule has 1 aromatic carbocycles. The van der Waals surface area contributed by atoms with E-state index in [1.54, 1.807) is 22.9 Å². The molecule has 0 atom stereocenters. The average molecular weight is 218 g/mol. The van der Waals surface area contributed by atoms with Crippen LogP contribution in [0.15, 0.2) is 36.7 Å². The van der Waals surface area contributed by atoms with Crippen LogP contribution < -0.4 is 0 Å². The Hall–Kier alpha value is -1.97. The molecule has 0 saturated carbocycles. The first-order valence-electron chi connectivity index (χ1n) is 5.04. The Morgan fingerprint density at radius 2 is 2.19 bits per heavy atom. The van der Waals surface area contributed by atoms with Gasteiger partial charge in [-0.15, -0.1) is 0 Å². The van der Waals surface area contributed by atoms with Gasteiger partial charge in [0.1, 0.15) is 5.82 Å². The van der Waals surface area contributed by atoms with Crippen LogP contribution in [0.1, 0.15) is 23.1 Å². The fourth-order valence-corrected chi connectivity index (χ4v) is 1.54. The second-order valence-electron chi connectivity index (χ2n) is 3.35. The van der Waals surface area contributed by atoms with Gasteiger partial charge in [-0.05, 0) is 19.1 Å². The van der Waals surface area contributed by atoms with E-state index in [-0.39, 0.29) is 17.2 Å². The fourth-order valence-electron chi connectivity index (χ4n) is 1.54. The molecule has 0 bridgehead atoms. The van der Waals surface area contributed by atoms with E-state index in [1.807, 2.05) is 6.92 Å². The highest BCUT2D eigenvalue weighted by Gasteiger charge is 2.17. The number of carbonyl (C=O) groups excluding carboxylic acids is 1. The van der Waals surface area contributed by atoms with Gasteiger partial charge in [-0.2, -0.15) is 0 Å². The second kappa shape index (κ2) is 4.26. The molecule has 2 aromatic rings. The molecule has 0 spiro atoms. The first kappa shape index (κ1) is 10.5. The largest absolute Gasteiger partial charge is 0.328 e. The molecule has 0 radical (unpaired) electrons. The molecular formula is C12H11FN2O. The Kier molecular flexibility index (Phi) is 2.81. The molecule has 0 unspecified atom stereocenters. The summed E-state index contributed by atoms with van der Waals surface area (Å²) in [5.74, 6) is -0.629. The van der Waals surface area contributed by atoms with Crippen molar-refractivity contribution in [3.8, 4) is 0 Å². The van der Waals surface area contributed by atoms with Crippen LogP contribution in [0.25, 0.3) is 0 Å². The minimum atomic E-state index is -0.516. The van der Waals surface area contributed by atoms with E-state index in [1.165, 1.54) is 18.3 Å². The molecule has 3 nitrogen and oxygen atoms in total. The van der Waals surface area contributed by atoms with Crippen LogP contribution in [0.4, 0.5) is 4.39 Å². The Morgan fingerprint density at radius 1 is 1.44 bits per heavy atom. The lowest BCUT2D eigenvalue weighted by Gasteiger charge is -2.04. The average Bonchev–Trinajstić information content (AvgIpc) is 2.77. The summed E-state index contributed by atoms with van der Waals surface area (Å²) in [6, 6.07) is 5.92. The Labute approximate surface area is 92.5 Å². The Bertz CT molecular complexity index is 519. The first-order valence-corrected chi connectivity index (χ1v) is 5.04. The van der Waals surface area contributed by atoms with Crippen LogP contribution in [0, 0.1) is 5.82 Å². The van der Waals surface area contributed by atoms with Crippen LogP contribution in [0.2, 0.25) is 0 Å². The van der Waals surface area contributed by atoms with Gasteiger partial charge >= 0.3 is 0 Å². The lowest BCUT2D eigenvalue weighted by molar-refractivity contribution is 0.102. The van der Waals surface area contributed by atoms with E-state index in [0.29, 0.717) is 6.54 Å². The van der Waals surface area contributed by atoms with Crippen molar-refractivity contribution in [1.82, 2.24) is 9.55 Å². The van der Waals surface area contributed by atoms with Gasteiger partial charge in [0.2, 0.25) is 5.78 Å². The molecule has 0 aliphatic heterocycles. The zero-order chi connectivity index (χ0) is 11.5. The van der Waals surface area contributed by atoms with E-state index in [4.69, 9.17) is 0 Å². The molecule has 0 N–H and O–H groups in total. The molecule has 4 heteroatoms. The highest BCUT2D eigenvalue weighted by molar-refractivity contribution is 6.06. The normalized spacial score (nSPS) is 10.4. The molecule has 0 amide bonds. The lowest BCUT2D eigenvalue weighted by Crippen LogP contribution is -2.11. The van der Waals surface area contributed by atoms with E-state index in [9.17, 15) is 9.18 Å². The molecule has 0 aliphatic carbocycles. The van der Waals surface area contributed by atoms with Gasteiger partial charge in [-0.3, -0.25) is 4.79 Å². The van der Waals surface area contributed by atoms with Crippen LogP contribution in [0.3, 0.4) is 0 Å². The van der Waals surface area contributed by atoms with Gasteiger partial charge in [0.15, 0.2) is 5.82 Å². The standard InChI is InChI=1S/C12H11FN2O/c1-2-15-8-7-14-12(15)11(16)9-5-3-4-6-10(9)13/h3-8H,2H2,1H3. The second-order valence-corrected chi connectivity index (χ2v) is 3.35. The summed E-state index contributed by atoms with van der Waals surface area (Å²) in [7, 11) is 0. The highest BCUT2D eigenvalue weighted by Crippen LogP contribution is 2.12. The van der Waals surface area contributed by atoms with Gasteiger partial charge in [-0.1, -0.05) is 12.1 Å². The summed E-state index contributed by atoms with van der Waals surface area (Å²) in [5, 5.41) is 0. The number of rotatable bonds is 3. The molecule has 0 saturated heterocycles. The number of hydrogen-bond acceptors (Lipinski definition) is 2. The topological polar surface area (TPSA) is 34.9 Å². The molecule has 82 valence electrons. The maximum absolute atomic E-state index is 13.4. The van der Waals surface area contributed by atoms with Crippen molar-refractivity contribution >= 4 is 5.78 Å². The molecule has 1 heterocycles. The lowest BCUT2D eigenvalue weighted by atomic mass is 10.1. The van der Waals surface area contributed by atoms with E-state index < -0.39 is 5.82 Å². The van der Waals surface area contributed by atoms with E-state index >= 15 is 0 Å². The van der Waals surface area contributed by atoms with Gasteiger partial charge in [-0.25, -0.2) is 9.37 Å². The molecule has 16 heavy (non-hydrogen) atoms. The molecule has 1 aromatic heterocycles. The van der Waals surface area contributed by atoms with Gasteiger partial charge in [0.05, 0.1) is 5.56 Å². The van der Waals surface area contributed by atoms with Crippen molar-refractivity contribution in [3.05, 3.63) is 53.9 Å². The number of imidazole rings is 1. The monoisotopic (exact) mass is 218 g/mol. The Morgan fingerprint density at radius 3 is 2.88 bits per heavy atom. The van der Waals surface area contributed by atoms with Crippen molar-refractivity contribution in [2.24, 2.45) is 0 Å². The number of carbonyl (C=O) groups is 1. The van der Waals surface area contributed by atoms with Gasteiger partial charge in [0.25, 0.3) is 0 Å². The van der Waals surface area contributed by atoms with Crippen molar-refractivity contribution in [3.63, 3.8) is 0 Å². The van der Waals surface area contributed by atoms with Gasteiger partial charge < -0.3 is 4.57 Å². The van der Waals surface area contributed by atoms with Crippen molar-refractivity contribution in [2.45, 2.75) is 13.5 Å². The third-order valence-corrected chi connectivity index (χ3v) is 2.38. The smallest absolute Gasteiger partial charge is 0.231 e. The summed E-state index contributed by atoms with van der Waals surface area (Å²) in [5.41, 5.74) is 0.0587.